The summed E-state index contributed by atoms with van der Waals surface area (Å²) in [5.41, 5.74) is 1.68. The molecule has 0 bridgehead atoms. The van der Waals surface area contributed by atoms with Gasteiger partial charge in [0, 0.05) is 12.6 Å². The van der Waals surface area contributed by atoms with E-state index in [1.54, 1.807) is 5.57 Å². The van der Waals surface area contributed by atoms with Gasteiger partial charge in [-0.25, -0.2) is 0 Å². The first-order valence-electron chi connectivity index (χ1n) is 7.41. The van der Waals surface area contributed by atoms with Crippen molar-refractivity contribution >= 4 is 0 Å². The highest BCUT2D eigenvalue weighted by molar-refractivity contribution is 5.05. The molecule has 0 amide bonds. The maximum absolute atomic E-state index is 5.70. The van der Waals surface area contributed by atoms with Crippen LogP contribution in [0.2, 0.25) is 0 Å². The highest BCUT2D eigenvalue weighted by Gasteiger charge is 2.20. The van der Waals surface area contributed by atoms with Gasteiger partial charge >= 0.3 is 0 Å². The quantitative estimate of drug-likeness (QED) is 0.740. The molecule has 0 radical (unpaired) electrons. The highest BCUT2D eigenvalue weighted by Crippen LogP contribution is 2.20. The van der Waals surface area contributed by atoms with Crippen LogP contribution < -0.4 is 5.32 Å². The van der Waals surface area contributed by atoms with Crippen molar-refractivity contribution in [3.05, 3.63) is 11.6 Å². The number of allylic oxidation sites excluding steroid dienone is 1. The predicted octanol–water partition coefficient (Wildman–Crippen LogP) is 3.42. The van der Waals surface area contributed by atoms with Crippen molar-refractivity contribution in [1.29, 1.82) is 0 Å². The lowest BCUT2D eigenvalue weighted by Crippen LogP contribution is -2.39. The molecule has 17 heavy (non-hydrogen) atoms. The van der Waals surface area contributed by atoms with Crippen molar-refractivity contribution in [2.75, 3.05) is 13.2 Å². The van der Waals surface area contributed by atoms with E-state index in [0.29, 0.717) is 12.1 Å². The second-order valence-electron chi connectivity index (χ2n) is 5.43. The van der Waals surface area contributed by atoms with Gasteiger partial charge in [-0.15, -0.1) is 0 Å². The van der Waals surface area contributed by atoms with E-state index in [0.717, 1.165) is 19.6 Å². The summed E-state index contributed by atoms with van der Waals surface area (Å²) in [5.74, 6) is 0. The third-order valence-electron chi connectivity index (χ3n) is 4.09. The van der Waals surface area contributed by atoms with Gasteiger partial charge in [0.1, 0.15) is 0 Å². The van der Waals surface area contributed by atoms with Crippen LogP contribution in [0, 0.1) is 0 Å². The van der Waals surface area contributed by atoms with Gasteiger partial charge in [0.25, 0.3) is 0 Å². The second kappa shape index (κ2) is 7.17. The maximum atomic E-state index is 5.70. The Kier molecular flexibility index (Phi) is 5.53. The molecule has 1 heterocycles. The van der Waals surface area contributed by atoms with E-state index in [9.17, 15) is 0 Å². The topological polar surface area (TPSA) is 21.3 Å². The van der Waals surface area contributed by atoms with Gasteiger partial charge in [-0.3, -0.25) is 0 Å². The lowest BCUT2D eigenvalue weighted by molar-refractivity contribution is 0.000107. The monoisotopic (exact) mass is 237 g/mol. The van der Waals surface area contributed by atoms with Crippen molar-refractivity contribution in [3.63, 3.8) is 0 Å². The third kappa shape index (κ3) is 4.44. The Bertz CT molecular complexity index is 249. The molecule has 2 aliphatic rings. The molecule has 2 nitrogen and oxygen atoms in total. The van der Waals surface area contributed by atoms with E-state index in [2.05, 4.69) is 18.3 Å². The summed E-state index contributed by atoms with van der Waals surface area (Å²) in [6.07, 6.45) is 13.2. The standard InChI is InChI=1S/C15H27NO/c1-2-15-12-14(9-11-17-15)16-10-8-13-6-4-3-5-7-13/h6,14-16H,2-5,7-12H2,1H3. The van der Waals surface area contributed by atoms with Crippen molar-refractivity contribution in [2.45, 2.75) is 70.4 Å². The molecule has 0 saturated carbocycles. The van der Waals surface area contributed by atoms with Gasteiger partial charge in [0.15, 0.2) is 0 Å². The Morgan fingerprint density at radius 2 is 2.35 bits per heavy atom. The summed E-state index contributed by atoms with van der Waals surface area (Å²) in [4.78, 5) is 0. The van der Waals surface area contributed by atoms with Crippen LogP contribution in [0.4, 0.5) is 0 Å². The van der Waals surface area contributed by atoms with Crippen LogP contribution in [0.15, 0.2) is 11.6 Å². The number of ether oxygens (including phenoxy) is 1. The Morgan fingerprint density at radius 3 is 3.12 bits per heavy atom. The Morgan fingerprint density at radius 1 is 1.41 bits per heavy atom. The molecule has 2 rings (SSSR count). The van der Waals surface area contributed by atoms with Crippen molar-refractivity contribution in [1.82, 2.24) is 5.32 Å². The lowest BCUT2D eigenvalue weighted by Gasteiger charge is -2.29. The first kappa shape index (κ1) is 13.1. The SMILES string of the molecule is CCC1CC(NCCC2=CCCCC2)CCO1. The summed E-state index contributed by atoms with van der Waals surface area (Å²) >= 11 is 0. The van der Waals surface area contributed by atoms with Gasteiger partial charge in [-0.05, 0) is 57.9 Å². The summed E-state index contributed by atoms with van der Waals surface area (Å²) < 4.78 is 5.70. The van der Waals surface area contributed by atoms with Crippen molar-refractivity contribution < 1.29 is 4.74 Å². The minimum Gasteiger partial charge on any atom is -0.378 e. The summed E-state index contributed by atoms with van der Waals surface area (Å²) in [7, 11) is 0. The van der Waals surface area contributed by atoms with E-state index >= 15 is 0 Å². The van der Waals surface area contributed by atoms with E-state index in [1.807, 2.05) is 0 Å². The summed E-state index contributed by atoms with van der Waals surface area (Å²) in [5, 5.41) is 3.71. The Balaban J connectivity index is 1.62. The molecule has 0 aromatic rings. The van der Waals surface area contributed by atoms with Gasteiger partial charge in [-0.2, -0.15) is 0 Å². The molecule has 0 aromatic carbocycles. The molecule has 1 fully saturated rings. The fourth-order valence-electron chi connectivity index (χ4n) is 2.92. The van der Waals surface area contributed by atoms with E-state index < -0.39 is 0 Å². The molecular weight excluding hydrogens is 210 g/mol. The van der Waals surface area contributed by atoms with Crippen LogP contribution in [0.5, 0.6) is 0 Å². The first-order valence-corrected chi connectivity index (χ1v) is 7.41. The number of rotatable bonds is 5. The van der Waals surface area contributed by atoms with Crippen LogP contribution >= 0.6 is 0 Å². The predicted molar refractivity (Wildman–Crippen MR) is 72.2 cm³/mol. The minimum absolute atomic E-state index is 0.496. The van der Waals surface area contributed by atoms with Crippen LogP contribution in [-0.4, -0.2) is 25.3 Å². The molecule has 1 N–H and O–H groups in total. The zero-order valence-corrected chi connectivity index (χ0v) is 11.2. The zero-order chi connectivity index (χ0) is 11.9. The normalized spacial score (nSPS) is 30.1. The molecule has 1 saturated heterocycles. The lowest BCUT2D eigenvalue weighted by atomic mass is 9.96. The zero-order valence-electron chi connectivity index (χ0n) is 11.2. The molecule has 0 aromatic heterocycles. The molecule has 0 spiro atoms. The molecule has 2 heteroatoms. The smallest absolute Gasteiger partial charge is 0.0587 e. The highest BCUT2D eigenvalue weighted by atomic mass is 16.5. The average Bonchev–Trinajstić information content (AvgIpc) is 2.40. The Labute approximate surface area is 106 Å². The molecule has 2 unspecified atom stereocenters. The third-order valence-corrected chi connectivity index (χ3v) is 4.09. The van der Waals surface area contributed by atoms with Crippen LogP contribution in [0.3, 0.4) is 0 Å². The summed E-state index contributed by atoms with van der Waals surface area (Å²) in [6.45, 7) is 4.33. The van der Waals surface area contributed by atoms with Crippen molar-refractivity contribution in [3.8, 4) is 0 Å². The largest absolute Gasteiger partial charge is 0.378 e. The van der Waals surface area contributed by atoms with Crippen molar-refractivity contribution in [2.24, 2.45) is 0 Å². The van der Waals surface area contributed by atoms with Crippen LogP contribution in [0.25, 0.3) is 0 Å². The molecular formula is C15H27NO. The summed E-state index contributed by atoms with van der Waals surface area (Å²) in [6, 6.07) is 0.692. The second-order valence-corrected chi connectivity index (χ2v) is 5.43. The minimum atomic E-state index is 0.496. The molecule has 1 aliphatic heterocycles. The van der Waals surface area contributed by atoms with E-state index in [-0.39, 0.29) is 0 Å². The first-order chi connectivity index (χ1) is 8.38. The van der Waals surface area contributed by atoms with Gasteiger partial charge in [-0.1, -0.05) is 18.6 Å². The Hall–Kier alpha value is -0.340. The number of hydrogen-bond acceptors (Lipinski definition) is 2. The van der Waals surface area contributed by atoms with E-state index in [1.165, 1.54) is 44.9 Å². The maximum Gasteiger partial charge on any atom is 0.0587 e. The average molecular weight is 237 g/mol. The van der Waals surface area contributed by atoms with Crippen LogP contribution in [-0.2, 0) is 4.74 Å². The van der Waals surface area contributed by atoms with E-state index in [4.69, 9.17) is 4.74 Å². The number of hydrogen-bond donors (Lipinski definition) is 1. The molecule has 1 aliphatic carbocycles. The van der Waals surface area contributed by atoms with Gasteiger partial charge in [0.2, 0.25) is 0 Å². The fraction of sp³-hybridized carbons (Fsp3) is 0.867. The number of nitrogens with one attached hydrogen (secondary N) is 1. The van der Waals surface area contributed by atoms with Crippen LogP contribution in [0.1, 0.15) is 58.3 Å². The molecule has 98 valence electrons. The molecule has 2 atom stereocenters. The fourth-order valence-corrected chi connectivity index (χ4v) is 2.92. The van der Waals surface area contributed by atoms with Gasteiger partial charge < -0.3 is 10.1 Å². The van der Waals surface area contributed by atoms with Gasteiger partial charge in [0.05, 0.1) is 6.10 Å².